The first-order valence-corrected chi connectivity index (χ1v) is 11.7. The van der Waals surface area contributed by atoms with Crippen molar-refractivity contribution in [3.05, 3.63) is 0 Å². The maximum absolute atomic E-state index is 6.15. The third kappa shape index (κ3) is 6.89. The predicted molar refractivity (Wildman–Crippen MR) is 115 cm³/mol. The summed E-state index contributed by atoms with van der Waals surface area (Å²) in [5, 5.41) is 3.58. The lowest BCUT2D eigenvalue weighted by Crippen LogP contribution is -2.49. The molecule has 3 fully saturated rings. The van der Waals surface area contributed by atoms with Crippen molar-refractivity contribution in [3.8, 4) is 0 Å². The number of likely N-dealkylation sites (N-methyl/N-ethyl adjacent to an activating group) is 1. The second-order valence-electron chi connectivity index (χ2n) is 8.75. The molecule has 0 aromatic heterocycles. The second kappa shape index (κ2) is 12.0. The number of guanidine groups is 1. The zero-order valence-corrected chi connectivity index (χ0v) is 18.2. The molecule has 1 saturated carbocycles. The maximum Gasteiger partial charge on any atom is 0.193 e. The lowest BCUT2D eigenvalue weighted by atomic mass is 9.94. The van der Waals surface area contributed by atoms with Crippen molar-refractivity contribution in [2.75, 3.05) is 53.5 Å². The van der Waals surface area contributed by atoms with Crippen molar-refractivity contribution in [1.82, 2.24) is 15.1 Å². The van der Waals surface area contributed by atoms with Crippen LogP contribution in [0.3, 0.4) is 0 Å². The fourth-order valence-corrected chi connectivity index (χ4v) is 4.80. The largest absolute Gasteiger partial charge is 0.376 e. The molecule has 0 spiro atoms. The van der Waals surface area contributed by atoms with Crippen LogP contribution in [0.2, 0.25) is 0 Å². The number of nitrogens with one attached hydrogen (secondary N) is 1. The van der Waals surface area contributed by atoms with E-state index in [2.05, 4.69) is 27.2 Å². The molecule has 2 aliphatic heterocycles. The quantitative estimate of drug-likeness (QED) is 0.531. The Hall–Kier alpha value is -0.850. The standard InChI is InChI=1S/C22H42N4O2/c1-23-22(24-13-16-25(2)19-8-4-3-5-9-19)26-14-11-20(12-15-26)28-18-21-10-6-7-17-27-21/h19-21H,3-18H2,1-2H3,(H,23,24). The Morgan fingerprint density at radius 2 is 1.82 bits per heavy atom. The molecule has 0 aromatic rings. The van der Waals surface area contributed by atoms with Crippen molar-refractivity contribution < 1.29 is 9.47 Å². The van der Waals surface area contributed by atoms with Gasteiger partial charge in [-0.05, 0) is 52.0 Å². The topological polar surface area (TPSA) is 49.3 Å². The molecule has 1 N–H and O–H groups in total. The van der Waals surface area contributed by atoms with Crippen LogP contribution in [0, 0.1) is 0 Å². The zero-order valence-electron chi connectivity index (χ0n) is 18.2. The number of piperidine rings is 1. The molecule has 0 aromatic carbocycles. The van der Waals surface area contributed by atoms with E-state index in [-0.39, 0.29) is 0 Å². The van der Waals surface area contributed by atoms with Crippen molar-refractivity contribution >= 4 is 5.96 Å². The van der Waals surface area contributed by atoms with Gasteiger partial charge in [0.2, 0.25) is 0 Å². The van der Waals surface area contributed by atoms with Crippen molar-refractivity contribution in [2.45, 2.75) is 82.5 Å². The normalized spacial score (nSPS) is 26.0. The number of hydrogen-bond donors (Lipinski definition) is 1. The number of hydrogen-bond acceptors (Lipinski definition) is 4. The van der Waals surface area contributed by atoms with E-state index < -0.39 is 0 Å². The summed E-state index contributed by atoms with van der Waals surface area (Å²) in [6, 6.07) is 0.776. The van der Waals surface area contributed by atoms with Gasteiger partial charge in [-0.3, -0.25) is 4.99 Å². The van der Waals surface area contributed by atoms with Gasteiger partial charge in [-0.1, -0.05) is 19.3 Å². The molecule has 2 saturated heterocycles. The first-order valence-electron chi connectivity index (χ1n) is 11.7. The highest BCUT2D eigenvalue weighted by atomic mass is 16.5. The molecule has 6 nitrogen and oxygen atoms in total. The van der Waals surface area contributed by atoms with Crippen LogP contribution in [0.1, 0.15) is 64.2 Å². The summed E-state index contributed by atoms with van der Waals surface area (Å²) >= 11 is 0. The van der Waals surface area contributed by atoms with Gasteiger partial charge < -0.3 is 24.6 Å². The van der Waals surface area contributed by atoms with E-state index in [9.17, 15) is 0 Å². The summed E-state index contributed by atoms with van der Waals surface area (Å²) < 4.78 is 11.9. The summed E-state index contributed by atoms with van der Waals surface area (Å²) in [6.45, 7) is 5.78. The Labute approximate surface area is 172 Å². The molecular formula is C22H42N4O2. The van der Waals surface area contributed by atoms with Crippen LogP contribution >= 0.6 is 0 Å². The van der Waals surface area contributed by atoms with Crippen LogP contribution in [-0.4, -0.2) is 87.5 Å². The van der Waals surface area contributed by atoms with E-state index in [4.69, 9.17) is 9.47 Å². The molecule has 28 heavy (non-hydrogen) atoms. The lowest BCUT2D eigenvalue weighted by molar-refractivity contribution is -0.0721. The van der Waals surface area contributed by atoms with Gasteiger partial charge in [0.1, 0.15) is 0 Å². The number of aliphatic imine (C=N–C) groups is 1. The van der Waals surface area contributed by atoms with Crippen LogP contribution in [0.15, 0.2) is 4.99 Å². The number of ether oxygens (including phenoxy) is 2. The Balaban J connectivity index is 1.30. The van der Waals surface area contributed by atoms with Crippen LogP contribution in [0.4, 0.5) is 0 Å². The van der Waals surface area contributed by atoms with Gasteiger partial charge in [0.15, 0.2) is 5.96 Å². The summed E-state index contributed by atoms with van der Waals surface area (Å²) in [4.78, 5) is 9.44. The van der Waals surface area contributed by atoms with E-state index in [1.165, 1.54) is 44.9 Å². The molecular weight excluding hydrogens is 352 g/mol. The smallest absolute Gasteiger partial charge is 0.193 e. The molecule has 0 amide bonds. The summed E-state index contributed by atoms with van der Waals surface area (Å²) in [5.74, 6) is 1.05. The van der Waals surface area contributed by atoms with Crippen LogP contribution in [0.25, 0.3) is 0 Å². The van der Waals surface area contributed by atoms with Crippen LogP contribution < -0.4 is 5.32 Å². The molecule has 0 bridgehead atoms. The molecule has 1 aliphatic carbocycles. The molecule has 3 rings (SSSR count). The van der Waals surface area contributed by atoms with E-state index in [1.807, 2.05) is 7.05 Å². The predicted octanol–water partition coefficient (Wildman–Crippen LogP) is 2.88. The maximum atomic E-state index is 6.15. The van der Waals surface area contributed by atoms with Gasteiger partial charge in [-0.15, -0.1) is 0 Å². The van der Waals surface area contributed by atoms with Gasteiger partial charge in [0.05, 0.1) is 18.8 Å². The van der Waals surface area contributed by atoms with Gasteiger partial charge in [-0.2, -0.15) is 0 Å². The highest BCUT2D eigenvalue weighted by Gasteiger charge is 2.24. The Kier molecular flexibility index (Phi) is 9.35. The molecule has 3 aliphatic rings. The average molecular weight is 395 g/mol. The molecule has 6 heteroatoms. The number of likely N-dealkylation sites (tertiary alicyclic amines) is 1. The minimum absolute atomic E-state index is 0.322. The van der Waals surface area contributed by atoms with Gasteiger partial charge in [-0.25, -0.2) is 0 Å². The Morgan fingerprint density at radius 3 is 2.50 bits per heavy atom. The van der Waals surface area contributed by atoms with Crippen LogP contribution in [0.5, 0.6) is 0 Å². The molecule has 1 atom stereocenters. The minimum Gasteiger partial charge on any atom is -0.376 e. The number of nitrogens with zero attached hydrogens (tertiary/aromatic N) is 3. The molecule has 1 unspecified atom stereocenters. The van der Waals surface area contributed by atoms with Crippen LogP contribution in [-0.2, 0) is 9.47 Å². The van der Waals surface area contributed by atoms with Gasteiger partial charge >= 0.3 is 0 Å². The average Bonchev–Trinajstić information content (AvgIpc) is 2.77. The van der Waals surface area contributed by atoms with Crippen molar-refractivity contribution in [2.24, 2.45) is 4.99 Å². The Morgan fingerprint density at radius 1 is 1.07 bits per heavy atom. The number of rotatable bonds is 7. The van der Waals surface area contributed by atoms with Crippen molar-refractivity contribution in [1.29, 1.82) is 0 Å². The third-order valence-corrected chi connectivity index (χ3v) is 6.69. The van der Waals surface area contributed by atoms with Crippen molar-refractivity contribution in [3.63, 3.8) is 0 Å². The second-order valence-corrected chi connectivity index (χ2v) is 8.75. The monoisotopic (exact) mass is 394 g/mol. The summed E-state index contributed by atoms with van der Waals surface area (Å²) in [6.07, 6.45) is 13.4. The summed E-state index contributed by atoms with van der Waals surface area (Å²) in [7, 11) is 4.18. The van der Waals surface area contributed by atoms with Gasteiger partial charge in [0, 0.05) is 45.9 Å². The highest BCUT2D eigenvalue weighted by Crippen LogP contribution is 2.21. The first kappa shape index (κ1) is 21.8. The first-order chi connectivity index (χ1) is 13.8. The van der Waals surface area contributed by atoms with E-state index in [0.29, 0.717) is 12.2 Å². The van der Waals surface area contributed by atoms with Gasteiger partial charge in [0.25, 0.3) is 0 Å². The minimum atomic E-state index is 0.322. The van der Waals surface area contributed by atoms with E-state index in [1.54, 1.807) is 0 Å². The van der Waals surface area contributed by atoms with E-state index >= 15 is 0 Å². The highest BCUT2D eigenvalue weighted by molar-refractivity contribution is 5.79. The van der Waals surface area contributed by atoms with E-state index in [0.717, 1.165) is 70.7 Å². The SMILES string of the molecule is CN=C(NCCN(C)C1CCCCC1)N1CCC(OCC2CCCCO2)CC1. The lowest BCUT2D eigenvalue weighted by Gasteiger charge is -2.35. The fourth-order valence-electron chi connectivity index (χ4n) is 4.80. The third-order valence-electron chi connectivity index (χ3n) is 6.69. The fraction of sp³-hybridized carbons (Fsp3) is 0.955. The molecule has 0 radical (unpaired) electrons. The molecule has 2 heterocycles. The Bertz CT molecular complexity index is 453. The molecule has 162 valence electrons. The zero-order chi connectivity index (χ0) is 19.6. The summed E-state index contributed by atoms with van der Waals surface area (Å²) in [5.41, 5.74) is 0.